The number of hydrogen-bond donors (Lipinski definition) is 1. The van der Waals surface area contributed by atoms with Crippen molar-refractivity contribution in [2.45, 2.75) is 27.3 Å². The van der Waals surface area contributed by atoms with Gasteiger partial charge in [-0.25, -0.2) is 9.59 Å². The van der Waals surface area contributed by atoms with Crippen LogP contribution in [0.3, 0.4) is 0 Å². The smallest absolute Gasteiger partial charge is 0.339 e. The standard InChI is InChI=1S/C24H25N3O5/c1-14-10-15(2)19(16(3)11-14)23(30)32-13-18(28)20-21(25)27(24(31)26(4)22(20)29)12-17-8-6-5-7-9-17/h5-11H,12-13,25H2,1-4H3. The van der Waals surface area contributed by atoms with Crippen molar-refractivity contribution in [2.75, 3.05) is 12.3 Å². The Hall–Kier alpha value is -3.94. The van der Waals surface area contributed by atoms with E-state index in [4.69, 9.17) is 10.5 Å². The summed E-state index contributed by atoms with van der Waals surface area (Å²) in [5, 5.41) is 0. The molecule has 0 saturated heterocycles. The van der Waals surface area contributed by atoms with Gasteiger partial charge in [0.05, 0.1) is 12.1 Å². The Labute approximate surface area is 184 Å². The van der Waals surface area contributed by atoms with Gasteiger partial charge in [0.15, 0.2) is 6.61 Å². The van der Waals surface area contributed by atoms with Crippen molar-refractivity contribution in [1.82, 2.24) is 9.13 Å². The number of nitrogens with two attached hydrogens (primary N) is 1. The molecule has 0 amide bonds. The fourth-order valence-electron chi connectivity index (χ4n) is 3.74. The van der Waals surface area contributed by atoms with Crippen molar-refractivity contribution in [3.8, 4) is 0 Å². The first-order chi connectivity index (χ1) is 15.1. The number of benzene rings is 2. The Morgan fingerprint density at radius 1 is 0.969 bits per heavy atom. The van der Waals surface area contributed by atoms with Gasteiger partial charge < -0.3 is 10.5 Å². The number of ketones is 1. The number of nitrogens with zero attached hydrogens (tertiary/aromatic N) is 2. The van der Waals surface area contributed by atoms with Gasteiger partial charge in [0.25, 0.3) is 5.56 Å². The lowest BCUT2D eigenvalue weighted by Crippen LogP contribution is -2.43. The van der Waals surface area contributed by atoms with E-state index in [1.54, 1.807) is 38.1 Å². The van der Waals surface area contributed by atoms with Gasteiger partial charge in [0.2, 0.25) is 5.78 Å². The Morgan fingerprint density at radius 2 is 1.56 bits per heavy atom. The summed E-state index contributed by atoms with van der Waals surface area (Å²) in [6.07, 6.45) is 0. The molecule has 0 saturated carbocycles. The first-order valence-electron chi connectivity index (χ1n) is 10.0. The van der Waals surface area contributed by atoms with Crippen LogP contribution in [0.1, 0.15) is 43.0 Å². The quantitative estimate of drug-likeness (QED) is 0.469. The number of esters is 1. The average Bonchev–Trinajstić information content (AvgIpc) is 2.74. The molecule has 2 N–H and O–H groups in total. The van der Waals surface area contributed by atoms with Gasteiger partial charge in [-0.15, -0.1) is 0 Å². The van der Waals surface area contributed by atoms with Crippen LogP contribution in [0.2, 0.25) is 0 Å². The highest BCUT2D eigenvalue weighted by Gasteiger charge is 2.23. The first-order valence-corrected chi connectivity index (χ1v) is 10.0. The van der Waals surface area contributed by atoms with Crippen molar-refractivity contribution in [2.24, 2.45) is 7.05 Å². The number of carbonyl (C=O) groups is 2. The maximum absolute atomic E-state index is 12.8. The van der Waals surface area contributed by atoms with Crippen molar-refractivity contribution < 1.29 is 14.3 Å². The molecule has 1 aromatic heterocycles. The maximum Gasteiger partial charge on any atom is 0.339 e. The molecule has 8 heteroatoms. The molecule has 0 aliphatic rings. The number of nitrogen functional groups attached to an aromatic ring is 1. The van der Waals surface area contributed by atoms with Crippen LogP contribution in [0.5, 0.6) is 0 Å². The third kappa shape index (κ3) is 4.39. The SMILES string of the molecule is Cc1cc(C)c(C(=O)OCC(=O)c2c(N)n(Cc3ccccc3)c(=O)n(C)c2=O)c(C)c1. The minimum absolute atomic E-state index is 0.0848. The van der Waals surface area contributed by atoms with Crippen LogP contribution in [0.4, 0.5) is 5.82 Å². The second kappa shape index (κ2) is 9.05. The molecule has 0 atom stereocenters. The summed E-state index contributed by atoms with van der Waals surface area (Å²) >= 11 is 0. The Kier molecular flexibility index (Phi) is 6.43. The summed E-state index contributed by atoms with van der Waals surface area (Å²) in [7, 11) is 1.27. The highest BCUT2D eigenvalue weighted by molar-refractivity contribution is 6.02. The summed E-state index contributed by atoms with van der Waals surface area (Å²) in [6, 6.07) is 12.7. The zero-order chi connectivity index (χ0) is 23.6. The van der Waals surface area contributed by atoms with Crippen molar-refractivity contribution in [1.29, 1.82) is 0 Å². The first kappa shape index (κ1) is 22.7. The normalized spacial score (nSPS) is 10.8. The molecule has 0 radical (unpaired) electrons. The van der Waals surface area contributed by atoms with E-state index in [1.165, 1.54) is 7.05 Å². The van der Waals surface area contributed by atoms with E-state index in [1.807, 2.05) is 25.1 Å². The average molecular weight is 435 g/mol. The fourth-order valence-corrected chi connectivity index (χ4v) is 3.74. The minimum Gasteiger partial charge on any atom is -0.454 e. The number of anilines is 1. The lowest BCUT2D eigenvalue weighted by atomic mass is 10.00. The third-order valence-corrected chi connectivity index (χ3v) is 5.26. The van der Waals surface area contributed by atoms with E-state index in [0.717, 1.165) is 31.4 Å². The molecular weight excluding hydrogens is 410 g/mol. The van der Waals surface area contributed by atoms with Crippen LogP contribution in [-0.2, 0) is 18.3 Å². The molecule has 0 spiro atoms. The largest absolute Gasteiger partial charge is 0.454 e. The number of carbonyl (C=O) groups excluding carboxylic acids is 2. The number of hydrogen-bond acceptors (Lipinski definition) is 6. The molecule has 0 fully saturated rings. The molecule has 2 aromatic carbocycles. The summed E-state index contributed by atoms with van der Waals surface area (Å²) in [5.74, 6) is -1.70. The lowest BCUT2D eigenvalue weighted by Gasteiger charge is -2.15. The summed E-state index contributed by atoms with van der Waals surface area (Å²) in [5.41, 5.74) is 7.82. The number of rotatable bonds is 6. The van der Waals surface area contributed by atoms with Crippen LogP contribution in [0.25, 0.3) is 0 Å². The molecule has 1 heterocycles. The van der Waals surface area contributed by atoms with E-state index >= 15 is 0 Å². The van der Waals surface area contributed by atoms with Gasteiger partial charge in [-0.1, -0.05) is 48.0 Å². The van der Waals surface area contributed by atoms with Crippen LogP contribution >= 0.6 is 0 Å². The van der Waals surface area contributed by atoms with Crippen LogP contribution in [0.15, 0.2) is 52.1 Å². The van der Waals surface area contributed by atoms with Gasteiger partial charge >= 0.3 is 11.7 Å². The van der Waals surface area contributed by atoms with Gasteiger partial charge in [-0.3, -0.25) is 18.7 Å². The van der Waals surface area contributed by atoms with Crippen LogP contribution < -0.4 is 17.0 Å². The molecule has 0 bridgehead atoms. The molecule has 0 aliphatic heterocycles. The van der Waals surface area contributed by atoms with Crippen molar-refractivity contribution in [3.05, 3.63) is 96.7 Å². The van der Waals surface area contributed by atoms with Crippen molar-refractivity contribution in [3.63, 3.8) is 0 Å². The van der Waals surface area contributed by atoms with Crippen LogP contribution in [0, 0.1) is 20.8 Å². The predicted octanol–water partition coefficient (Wildman–Crippen LogP) is 2.14. The van der Waals surface area contributed by atoms with E-state index in [2.05, 4.69) is 0 Å². The van der Waals surface area contributed by atoms with Crippen LogP contribution in [-0.4, -0.2) is 27.5 Å². The lowest BCUT2D eigenvalue weighted by molar-refractivity contribution is 0.0472. The number of aromatic nitrogens is 2. The topological polar surface area (TPSA) is 113 Å². The maximum atomic E-state index is 12.8. The second-order valence-electron chi connectivity index (χ2n) is 7.75. The van der Waals surface area contributed by atoms with E-state index in [-0.39, 0.29) is 17.9 Å². The van der Waals surface area contributed by atoms with E-state index < -0.39 is 29.6 Å². The predicted molar refractivity (Wildman–Crippen MR) is 121 cm³/mol. The second-order valence-corrected chi connectivity index (χ2v) is 7.75. The van der Waals surface area contributed by atoms with Gasteiger partial charge in [0, 0.05) is 7.05 Å². The Morgan fingerprint density at radius 3 is 2.16 bits per heavy atom. The summed E-state index contributed by atoms with van der Waals surface area (Å²) in [4.78, 5) is 50.6. The van der Waals surface area contributed by atoms with Gasteiger partial charge in [-0.2, -0.15) is 0 Å². The Bertz CT molecular complexity index is 1300. The minimum atomic E-state index is -0.833. The third-order valence-electron chi connectivity index (χ3n) is 5.26. The zero-order valence-electron chi connectivity index (χ0n) is 18.5. The van der Waals surface area contributed by atoms with Gasteiger partial charge in [0.1, 0.15) is 11.4 Å². The van der Waals surface area contributed by atoms with E-state index in [9.17, 15) is 19.2 Å². The number of Topliss-reactive ketones (excluding diaryl/α,β-unsaturated/α-hetero) is 1. The molecule has 3 rings (SSSR count). The summed E-state index contributed by atoms with van der Waals surface area (Å²) in [6.45, 7) is 4.90. The fraction of sp³-hybridized carbons (Fsp3) is 0.250. The number of ether oxygens (including phenoxy) is 1. The molecular formula is C24H25N3O5. The van der Waals surface area contributed by atoms with E-state index in [0.29, 0.717) is 5.56 Å². The number of aryl methyl sites for hydroxylation is 3. The summed E-state index contributed by atoms with van der Waals surface area (Å²) < 4.78 is 7.18. The highest BCUT2D eigenvalue weighted by atomic mass is 16.5. The zero-order valence-corrected chi connectivity index (χ0v) is 18.5. The molecule has 0 aliphatic carbocycles. The highest BCUT2D eigenvalue weighted by Crippen LogP contribution is 2.18. The van der Waals surface area contributed by atoms with Crippen molar-refractivity contribution >= 4 is 17.6 Å². The molecule has 166 valence electrons. The Balaban J connectivity index is 1.91. The molecule has 3 aromatic rings. The molecule has 8 nitrogen and oxygen atoms in total. The molecule has 32 heavy (non-hydrogen) atoms. The van der Waals surface area contributed by atoms with Gasteiger partial charge in [-0.05, 0) is 37.5 Å². The monoisotopic (exact) mass is 435 g/mol. The molecule has 0 unspecified atom stereocenters.